The van der Waals surface area contributed by atoms with Crippen LogP contribution in [0.25, 0.3) is 5.69 Å². The normalized spacial score (nSPS) is 11.9. The Bertz CT molecular complexity index is 929. The highest BCUT2D eigenvalue weighted by Crippen LogP contribution is 2.15. The second kappa shape index (κ2) is 8.75. The zero-order valence-corrected chi connectivity index (χ0v) is 16.6. The van der Waals surface area contributed by atoms with Crippen LogP contribution in [0.3, 0.4) is 0 Å². The number of aryl methyl sites for hydroxylation is 1. The first-order valence-corrected chi connectivity index (χ1v) is 9.20. The third-order valence-corrected chi connectivity index (χ3v) is 4.54. The summed E-state index contributed by atoms with van der Waals surface area (Å²) >= 11 is 5.86. The molecule has 1 unspecified atom stereocenters. The van der Waals surface area contributed by atoms with Crippen LogP contribution in [-0.2, 0) is 0 Å². The first-order valence-electron chi connectivity index (χ1n) is 8.82. The Balaban J connectivity index is 1.78. The van der Waals surface area contributed by atoms with Crippen LogP contribution >= 0.6 is 11.6 Å². The van der Waals surface area contributed by atoms with Crippen molar-refractivity contribution in [3.63, 3.8) is 0 Å². The zero-order valence-electron chi connectivity index (χ0n) is 15.9. The van der Waals surface area contributed by atoms with Gasteiger partial charge in [0.1, 0.15) is 17.3 Å². The van der Waals surface area contributed by atoms with Gasteiger partial charge in [-0.15, -0.1) is 4.80 Å². The topological polar surface area (TPSA) is 102 Å². The third kappa shape index (κ3) is 4.42. The van der Waals surface area contributed by atoms with Crippen LogP contribution in [0.4, 0.5) is 5.82 Å². The number of amides is 1. The average molecular weight is 401 g/mol. The van der Waals surface area contributed by atoms with Crippen LogP contribution in [-0.4, -0.2) is 60.4 Å². The van der Waals surface area contributed by atoms with Crippen LogP contribution in [0, 0.1) is 6.92 Å². The molecule has 3 aromatic rings. The highest BCUT2D eigenvalue weighted by molar-refractivity contribution is 6.30. The number of anilines is 1. The van der Waals surface area contributed by atoms with E-state index in [-0.39, 0.29) is 17.6 Å². The van der Waals surface area contributed by atoms with Crippen LogP contribution in [0.2, 0.25) is 5.02 Å². The van der Waals surface area contributed by atoms with Gasteiger partial charge in [-0.1, -0.05) is 18.5 Å². The summed E-state index contributed by atoms with van der Waals surface area (Å²) in [6.07, 6.45) is 6.96. The van der Waals surface area contributed by atoms with Crippen LogP contribution in [0.5, 0.6) is 0 Å². The van der Waals surface area contributed by atoms with Gasteiger partial charge in [-0.05, 0) is 25.5 Å². The standard InChI is InChI=1S/C18H21ClN8O/c1-4-14(10-22-16-6-5-13(19)9-21-16)26(3)18(28)17-15(11-20-12(2)25-17)27-23-7-8-24-27/h5-9,11,14H,4,10H2,1-3H3,(H,21,22). The van der Waals surface area contributed by atoms with E-state index in [0.29, 0.717) is 28.9 Å². The lowest BCUT2D eigenvalue weighted by Crippen LogP contribution is -2.42. The highest BCUT2D eigenvalue weighted by atomic mass is 35.5. The maximum atomic E-state index is 13.2. The number of likely N-dealkylation sites (N-methyl/N-ethyl adjacent to an activating group) is 1. The molecule has 0 saturated heterocycles. The van der Waals surface area contributed by atoms with Gasteiger partial charge in [-0.25, -0.2) is 15.0 Å². The van der Waals surface area contributed by atoms with Crippen molar-refractivity contribution >= 4 is 23.3 Å². The van der Waals surface area contributed by atoms with Crippen molar-refractivity contribution in [1.82, 2.24) is 34.8 Å². The molecule has 3 rings (SSSR count). The summed E-state index contributed by atoms with van der Waals surface area (Å²) in [6.45, 7) is 4.29. The molecule has 0 aliphatic heterocycles. The van der Waals surface area contributed by atoms with Gasteiger partial charge in [0.25, 0.3) is 5.91 Å². The molecule has 0 aromatic carbocycles. The van der Waals surface area contributed by atoms with Crippen LogP contribution in [0.1, 0.15) is 29.7 Å². The summed E-state index contributed by atoms with van der Waals surface area (Å²) in [4.78, 5) is 28.9. The van der Waals surface area contributed by atoms with E-state index in [0.717, 1.165) is 6.42 Å². The number of halogens is 1. The van der Waals surface area contributed by atoms with Crippen molar-refractivity contribution in [2.24, 2.45) is 0 Å². The van der Waals surface area contributed by atoms with E-state index < -0.39 is 0 Å². The Morgan fingerprint density at radius 3 is 2.64 bits per heavy atom. The summed E-state index contributed by atoms with van der Waals surface area (Å²) < 4.78 is 0. The maximum absolute atomic E-state index is 13.2. The van der Waals surface area contributed by atoms with Gasteiger partial charge < -0.3 is 10.2 Å². The Hall–Kier alpha value is -3.07. The smallest absolute Gasteiger partial charge is 0.274 e. The molecule has 0 radical (unpaired) electrons. The van der Waals surface area contributed by atoms with Crippen molar-refractivity contribution in [2.75, 3.05) is 18.9 Å². The number of pyridine rings is 1. The molecule has 0 spiro atoms. The lowest BCUT2D eigenvalue weighted by Gasteiger charge is -2.28. The lowest BCUT2D eigenvalue weighted by molar-refractivity contribution is 0.0729. The van der Waals surface area contributed by atoms with Gasteiger partial charge in [-0.2, -0.15) is 10.2 Å². The zero-order chi connectivity index (χ0) is 20.1. The molecule has 1 N–H and O–H groups in total. The molecule has 3 aromatic heterocycles. The fourth-order valence-electron chi connectivity index (χ4n) is 2.70. The lowest BCUT2D eigenvalue weighted by atomic mass is 10.1. The quantitative estimate of drug-likeness (QED) is 0.649. The Kier molecular flexibility index (Phi) is 6.15. The minimum atomic E-state index is -0.226. The minimum absolute atomic E-state index is 0.0707. The molecule has 0 fully saturated rings. The summed E-state index contributed by atoms with van der Waals surface area (Å²) in [5.41, 5.74) is 0.698. The van der Waals surface area contributed by atoms with Crippen LogP contribution in [0.15, 0.2) is 36.9 Å². The SMILES string of the molecule is CCC(CNc1ccc(Cl)cn1)N(C)C(=O)c1nc(C)ncc1-n1nccn1. The predicted octanol–water partition coefficient (Wildman–Crippen LogP) is 2.38. The molecule has 0 bridgehead atoms. The average Bonchev–Trinajstić information content (AvgIpc) is 3.23. The number of nitrogens with zero attached hydrogens (tertiary/aromatic N) is 7. The number of carbonyl (C=O) groups is 1. The third-order valence-electron chi connectivity index (χ3n) is 4.31. The van der Waals surface area contributed by atoms with Gasteiger partial charge in [-0.3, -0.25) is 4.79 Å². The molecule has 10 heteroatoms. The molecule has 28 heavy (non-hydrogen) atoms. The maximum Gasteiger partial charge on any atom is 0.274 e. The van der Waals surface area contributed by atoms with Crippen molar-refractivity contribution in [1.29, 1.82) is 0 Å². The Morgan fingerprint density at radius 2 is 2.00 bits per heavy atom. The van der Waals surface area contributed by atoms with Gasteiger partial charge in [0.2, 0.25) is 0 Å². The van der Waals surface area contributed by atoms with Crippen molar-refractivity contribution in [3.8, 4) is 5.69 Å². The number of nitrogens with one attached hydrogen (secondary N) is 1. The molecular weight excluding hydrogens is 380 g/mol. The highest BCUT2D eigenvalue weighted by Gasteiger charge is 2.25. The van der Waals surface area contributed by atoms with E-state index in [2.05, 4.69) is 30.5 Å². The number of hydrogen-bond acceptors (Lipinski definition) is 7. The molecule has 1 atom stereocenters. The van der Waals surface area contributed by atoms with E-state index in [4.69, 9.17) is 11.6 Å². The van der Waals surface area contributed by atoms with Crippen molar-refractivity contribution < 1.29 is 4.79 Å². The summed E-state index contributed by atoms with van der Waals surface area (Å²) in [6, 6.07) is 3.49. The van der Waals surface area contributed by atoms with Crippen LogP contribution < -0.4 is 5.32 Å². The first-order chi connectivity index (χ1) is 13.5. The van der Waals surface area contributed by atoms with Gasteiger partial charge in [0, 0.05) is 25.8 Å². The number of aromatic nitrogens is 6. The largest absolute Gasteiger partial charge is 0.368 e. The fraction of sp³-hybridized carbons (Fsp3) is 0.333. The number of hydrogen-bond donors (Lipinski definition) is 1. The van der Waals surface area contributed by atoms with Gasteiger partial charge >= 0.3 is 0 Å². The molecule has 9 nitrogen and oxygen atoms in total. The van der Waals surface area contributed by atoms with Crippen molar-refractivity contribution in [3.05, 3.63) is 53.5 Å². The second-order valence-corrected chi connectivity index (χ2v) is 6.63. The second-order valence-electron chi connectivity index (χ2n) is 6.19. The predicted molar refractivity (Wildman–Crippen MR) is 106 cm³/mol. The monoisotopic (exact) mass is 400 g/mol. The number of carbonyl (C=O) groups excluding carboxylic acids is 1. The molecule has 1 amide bonds. The first kappa shape index (κ1) is 19.7. The van der Waals surface area contributed by atoms with E-state index in [1.54, 1.807) is 43.4 Å². The number of rotatable bonds is 7. The van der Waals surface area contributed by atoms with Gasteiger partial charge in [0.05, 0.1) is 23.6 Å². The van der Waals surface area contributed by atoms with E-state index >= 15 is 0 Å². The molecule has 0 saturated carbocycles. The molecule has 146 valence electrons. The Morgan fingerprint density at radius 1 is 1.25 bits per heavy atom. The Labute approximate surface area is 167 Å². The van der Waals surface area contributed by atoms with Crippen molar-refractivity contribution in [2.45, 2.75) is 26.3 Å². The molecule has 0 aliphatic carbocycles. The summed E-state index contributed by atoms with van der Waals surface area (Å²) in [7, 11) is 1.76. The van der Waals surface area contributed by atoms with E-state index in [1.807, 2.05) is 6.92 Å². The van der Waals surface area contributed by atoms with Gasteiger partial charge in [0.15, 0.2) is 5.69 Å². The minimum Gasteiger partial charge on any atom is -0.368 e. The van der Waals surface area contributed by atoms with E-state index in [1.165, 1.54) is 17.2 Å². The fourth-order valence-corrected chi connectivity index (χ4v) is 2.81. The van der Waals surface area contributed by atoms with E-state index in [9.17, 15) is 4.79 Å². The molecule has 3 heterocycles. The summed E-state index contributed by atoms with van der Waals surface area (Å²) in [5.74, 6) is 0.975. The molecule has 0 aliphatic rings. The molecular formula is C18H21ClN8O. The summed E-state index contributed by atoms with van der Waals surface area (Å²) in [5, 5.41) is 12.0.